The lowest BCUT2D eigenvalue weighted by Gasteiger charge is -2.47. The van der Waals surface area contributed by atoms with Gasteiger partial charge in [-0.15, -0.1) is 0 Å². The van der Waals surface area contributed by atoms with Crippen LogP contribution >= 0.6 is 0 Å². The first-order chi connectivity index (χ1) is 12.2. The maximum atomic E-state index is 11.5. The Labute approximate surface area is 150 Å². The highest BCUT2D eigenvalue weighted by Crippen LogP contribution is 2.29. The summed E-state index contributed by atoms with van der Waals surface area (Å²) in [5.74, 6) is -0.414. The summed E-state index contributed by atoms with van der Waals surface area (Å²) in [5.41, 5.74) is 0. The molecule has 0 saturated carbocycles. The van der Waals surface area contributed by atoms with Crippen LogP contribution in [0.25, 0.3) is 0 Å². The maximum absolute atomic E-state index is 11.5. The number of carbonyl (C=O) groups excluding carboxylic acids is 1. The molecule has 0 aromatic rings. The van der Waals surface area contributed by atoms with Crippen molar-refractivity contribution in [1.82, 2.24) is 5.32 Å². The molecule has 2 heterocycles. The van der Waals surface area contributed by atoms with Gasteiger partial charge in [0.25, 0.3) is 0 Å². The lowest BCUT2D eigenvalue weighted by Crippen LogP contribution is -2.67. The Morgan fingerprint density at radius 1 is 0.962 bits per heavy atom. The summed E-state index contributed by atoms with van der Waals surface area (Å²) in [6.07, 6.45) is -11.7. The second-order valence-corrected chi connectivity index (χ2v) is 6.58. The van der Waals surface area contributed by atoms with Crippen molar-refractivity contribution in [3.05, 3.63) is 0 Å². The van der Waals surface area contributed by atoms with Crippen molar-refractivity contribution in [3.8, 4) is 0 Å². The van der Waals surface area contributed by atoms with Crippen molar-refractivity contribution in [2.24, 2.45) is 0 Å². The van der Waals surface area contributed by atoms with E-state index in [1.54, 1.807) is 6.92 Å². The van der Waals surface area contributed by atoms with Gasteiger partial charge in [0.15, 0.2) is 6.29 Å². The SMILES string of the molecule is CC(=O)NC1[C@H](C)OC(CO)[C@@H](O)[C@@H]1O[C@@H]1OC(CO)[C@H](O)C(O)[C@@H]1O. The number of carbonyl (C=O) groups is 1. The molecule has 2 aliphatic heterocycles. The third kappa shape index (κ3) is 4.32. The Kier molecular flexibility index (Phi) is 7.30. The molecule has 10 atom stereocenters. The fraction of sp³-hybridized carbons (Fsp3) is 0.933. The van der Waals surface area contributed by atoms with Gasteiger partial charge in [-0.3, -0.25) is 4.79 Å². The summed E-state index contributed by atoms with van der Waals surface area (Å²) >= 11 is 0. The molecule has 0 aromatic carbocycles. The van der Waals surface area contributed by atoms with Crippen LogP contribution in [-0.2, 0) is 19.0 Å². The summed E-state index contributed by atoms with van der Waals surface area (Å²) in [7, 11) is 0. The van der Waals surface area contributed by atoms with Gasteiger partial charge in [-0.1, -0.05) is 0 Å². The van der Waals surface area contributed by atoms with E-state index in [0.717, 1.165) is 0 Å². The number of hydrogen-bond acceptors (Lipinski definition) is 10. The Hall–Kier alpha value is -0.890. The molecule has 0 aromatic heterocycles. The largest absolute Gasteiger partial charge is 0.394 e. The fourth-order valence-electron chi connectivity index (χ4n) is 3.22. The Bertz CT molecular complexity index is 477. The summed E-state index contributed by atoms with van der Waals surface area (Å²) in [4.78, 5) is 11.5. The minimum Gasteiger partial charge on any atom is -0.394 e. The van der Waals surface area contributed by atoms with E-state index >= 15 is 0 Å². The fourth-order valence-corrected chi connectivity index (χ4v) is 3.22. The average Bonchev–Trinajstić information content (AvgIpc) is 2.60. The monoisotopic (exact) mass is 381 g/mol. The van der Waals surface area contributed by atoms with Gasteiger partial charge < -0.3 is 50.2 Å². The Morgan fingerprint density at radius 3 is 2.08 bits per heavy atom. The second-order valence-electron chi connectivity index (χ2n) is 6.58. The van der Waals surface area contributed by atoms with E-state index in [4.69, 9.17) is 14.2 Å². The van der Waals surface area contributed by atoms with Crippen molar-refractivity contribution < 1.29 is 49.6 Å². The number of nitrogens with one attached hydrogen (secondary N) is 1. The van der Waals surface area contributed by atoms with E-state index in [0.29, 0.717) is 0 Å². The predicted octanol–water partition coefficient (Wildman–Crippen LogP) is -4.18. The zero-order chi connectivity index (χ0) is 19.6. The van der Waals surface area contributed by atoms with Gasteiger partial charge >= 0.3 is 0 Å². The van der Waals surface area contributed by atoms with Crippen molar-refractivity contribution in [2.45, 2.75) is 75.0 Å². The van der Waals surface area contributed by atoms with Crippen molar-refractivity contribution in [3.63, 3.8) is 0 Å². The normalized spacial score (nSPS) is 46.8. The average molecular weight is 381 g/mol. The quantitative estimate of drug-likeness (QED) is 0.247. The first-order valence-electron chi connectivity index (χ1n) is 8.38. The highest BCUT2D eigenvalue weighted by molar-refractivity contribution is 5.73. The van der Waals surface area contributed by atoms with E-state index in [1.807, 2.05) is 0 Å². The molecule has 11 heteroatoms. The molecule has 1 amide bonds. The number of rotatable bonds is 5. The summed E-state index contributed by atoms with van der Waals surface area (Å²) < 4.78 is 16.4. The Balaban J connectivity index is 2.21. The van der Waals surface area contributed by atoms with Crippen LogP contribution in [0.1, 0.15) is 13.8 Å². The molecule has 2 aliphatic rings. The molecule has 152 valence electrons. The third-order valence-corrected chi connectivity index (χ3v) is 4.66. The van der Waals surface area contributed by atoms with Crippen LogP contribution in [0.2, 0.25) is 0 Å². The number of hydrogen-bond donors (Lipinski definition) is 7. The van der Waals surface area contributed by atoms with Crippen molar-refractivity contribution in [2.75, 3.05) is 13.2 Å². The first kappa shape index (κ1) is 21.4. The van der Waals surface area contributed by atoms with E-state index in [1.165, 1.54) is 6.92 Å². The zero-order valence-electron chi connectivity index (χ0n) is 14.5. The molecule has 26 heavy (non-hydrogen) atoms. The van der Waals surface area contributed by atoms with E-state index in [9.17, 15) is 35.4 Å². The van der Waals surface area contributed by atoms with Gasteiger partial charge in [0.05, 0.1) is 25.4 Å². The van der Waals surface area contributed by atoms with Crippen LogP contribution in [-0.4, -0.2) is 111 Å². The number of ether oxygens (including phenoxy) is 3. The highest BCUT2D eigenvalue weighted by atomic mass is 16.7. The van der Waals surface area contributed by atoms with E-state index in [-0.39, 0.29) is 0 Å². The van der Waals surface area contributed by atoms with E-state index in [2.05, 4.69) is 5.32 Å². The molecule has 2 rings (SSSR count). The summed E-state index contributed by atoms with van der Waals surface area (Å²) in [6, 6.07) is -0.835. The third-order valence-electron chi connectivity index (χ3n) is 4.66. The van der Waals surface area contributed by atoms with Crippen LogP contribution < -0.4 is 5.32 Å². The molecular formula is C15H27NO10. The molecule has 7 N–H and O–H groups in total. The van der Waals surface area contributed by atoms with Gasteiger partial charge in [0.2, 0.25) is 5.91 Å². The minimum absolute atomic E-state index is 0.414. The van der Waals surface area contributed by atoms with Crippen LogP contribution in [0.15, 0.2) is 0 Å². The number of amides is 1. The molecule has 2 fully saturated rings. The van der Waals surface area contributed by atoms with Gasteiger partial charge in [-0.2, -0.15) is 0 Å². The minimum atomic E-state index is -1.66. The lowest BCUT2D eigenvalue weighted by molar-refractivity contribution is -0.331. The predicted molar refractivity (Wildman–Crippen MR) is 83.7 cm³/mol. The summed E-state index contributed by atoms with van der Waals surface area (Å²) in [6.45, 7) is 1.74. The maximum Gasteiger partial charge on any atom is 0.217 e. The molecule has 0 aliphatic carbocycles. The van der Waals surface area contributed by atoms with Gasteiger partial charge in [-0.05, 0) is 6.92 Å². The number of aliphatic hydroxyl groups is 6. The molecule has 2 saturated heterocycles. The Morgan fingerprint density at radius 2 is 1.54 bits per heavy atom. The smallest absolute Gasteiger partial charge is 0.217 e. The van der Waals surface area contributed by atoms with Crippen LogP contribution in [0.4, 0.5) is 0 Å². The molecule has 0 bridgehead atoms. The summed E-state index contributed by atoms with van der Waals surface area (Å²) in [5, 5.41) is 61.4. The van der Waals surface area contributed by atoms with Crippen LogP contribution in [0.3, 0.4) is 0 Å². The molecule has 4 unspecified atom stereocenters. The van der Waals surface area contributed by atoms with Gasteiger partial charge in [-0.25, -0.2) is 0 Å². The van der Waals surface area contributed by atoms with Crippen molar-refractivity contribution in [1.29, 1.82) is 0 Å². The molecule has 0 spiro atoms. The topological polar surface area (TPSA) is 178 Å². The van der Waals surface area contributed by atoms with Gasteiger partial charge in [0, 0.05) is 6.92 Å². The molecule has 11 nitrogen and oxygen atoms in total. The second kappa shape index (κ2) is 8.87. The van der Waals surface area contributed by atoms with Crippen LogP contribution in [0, 0.1) is 0 Å². The molecular weight excluding hydrogens is 354 g/mol. The van der Waals surface area contributed by atoms with Crippen molar-refractivity contribution >= 4 is 5.91 Å². The first-order valence-corrected chi connectivity index (χ1v) is 8.38. The standard InChI is InChI=1S/C15H27NO10/c1-5-9(16-6(2)19)14(11(21)8(4-18)24-5)26-15-13(23)12(22)10(20)7(3-17)25-15/h5,7-15,17-18,20-23H,3-4H2,1-2H3,(H,16,19)/t5-,7?,8?,9?,10-,11+,12?,13-,14+,15-/m0/s1. The van der Waals surface area contributed by atoms with E-state index < -0.39 is 80.3 Å². The number of aliphatic hydroxyl groups excluding tert-OH is 6. The van der Waals surface area contributed by atoms with Crippen LogP contribution in [0.5, 0.6) is 0 Å². The highest BCUT2D eigenvalue weighted by Gasteiger charge is 2.50. The lowest BCUT2D eigenvalue weighted by atomic mass is 9.92. The molecule has 0 radical (unpaired) electrons. The van der Waals surface area contributed by atoms with Gasteiger partial charge in [0.1, 0.15) is 42.7 Å². The zero-order valence-corrected chi connectivity index (χ0v) is 14.5.